The SMILES string of the molecule is B[C@@]12CCC(S)(CN(c3cc(C)ns3)C1)[C@]2(I)Nc1nc2c(OCC3(C)CCC(F)(F)C3)cccn2n1. The summed E-state index contributed by atoms with van der Waals surface area (Å²) in [6.45, 7) is 5.80. The summed E-state index contributed by atoms with van der Waals surface area (Å²) in [7, 11) is 2.31. The first kappa shape index (κ1) is 25.9. The number of halogens is 3. The highest BCUT2D eigenvalue weighted by molar-refractivity contribution is 14.1. The fraction of sp³-hybridized carbons (Fsp3) is 0.625. The molecule has 2 saturated carbocycles. The number of hydrogen-bond donors (Lipinski definition) is 2. The number of alkyl halides is 3. The molecule has 2 unspecified atom stereocenters. The molecular formula is C24H30BF2IN6OS2. The van der Waals surface area contributed by atoms with E-state index in [0.29, 0.717) is 23.8 Å². The molecule has 3 aromatic rings. The number of nitrogens with one attached hydrogen (secondary N) is 1. The van der Waals surface area contributed by atoms with Crippen LogP contribution < -0.4 is 15.0 Å². The molecule has 2 aliphatic carbocycles. The number of rotatable bonds is 6. The van der Waals surface area contributed by atoms with Crippen LogP contribution in [0.3, 0.4) is 0 Å². The number of anilines is 2. The molecule has 13 heteroatoms. The van der Waals surface area contributed by atoms with E-state index in [9.17, 15) is 8.78 Å². The summed E-state index contributed by atoms with van der Waals surface area (Å²) in [5.74, 6) is -1.55. The van der Waals surface area contributed by atoms with Gasteiger partial charge < -0.3 is 15.0 Å². The van der Waals surface area contributed by atoms with Crippen molar-refractivity contribution in [3.63, 3.8) is 0 Å². The van der Waals surface area contributed by atoms with E-state index in [2.05, 4.69) is 51.1 Å². The van der Waals surface area contributed by atoms with Crippen molar-refractivity contribution in [1.82, 2.24) is 19.0 Å². The predicted octanol–water partition coefficient (Wildman–Crippen LogP) is 5.02. The van der Waals surface area contributed by atoms with Crippen molar-refractivity contribution < 1.29 is 13.5 Å². The van der Waals surface area contributed by atoms with Gasteiger partial charge in [0.1, 0.15) is 16.4 Å². The van der Waals surface area contributed by atoms with E-state index in [-0.39, 0.29) is 33.1 Å². The zero-order valence-corrected chi connectivity index (χ0v) is 25.0. The van der Waals surface area contributed by atoms with Crippen LogP contribution in [0, 0.1) is 12.3 Å². The van der Waals surface area contributed by atoms with Gasteiger partial charge in [-0.05, 0) is 61.2 Å². The number of aryl methyl sites for hydroxylation is 1. The van der Waals surface area contributed by atoms with Crippen LogP contribution in [0.2, 0.25) is 5.31 Å². The molecule has 4 heterocycles. The predicted molar refractivity (Wildman–Crippen MR) is 157 cm³/mol. The second-order valence-corrected chi connectivity index (χ2v) is 15.0. The number of fused-ring (bicyclic) bond motifs is 3. The van der Waals surface area contributed by atoms with Crippen LogP contribution in [0.4, 0.5) is 19.7 Å². The lowest BCUT2D eigenvalue weighted by Crippen LogP contribution is -2.65. The van der Waals surface area contributed by atoms with Crippen molar-refractivity contribution >= 4 is 71.2 Å². The number of thiol groups is 1. The highest BCUT2D eigenvalue weighted by atomic mass is 127. The first-order chi connectivity index (χ1) is 17.3. The standard InChI is InChI=1S/C24H30BF2IN6OS2/c1-15-10-17(37-32-15)33-12-21(25)6-7-22(36,13-33)24(21,28)30-19-29-18-16(4-3-9-34(18)31-19)35-14-20(2)5-8-23(26,27)11-20/h3-4,9-10,36H,5-8,11-14,25H2,1-2H3,(H,30,31)/t20?,21-,22?,24+/m0/s1. The Morgan fingerprint density at radius 3 is 2.76 bits per heavy atom. The molecule has 198 valence electrons. The molecule has 3 fully saturated rings. The summed E-state index contributed by atoms with van der Waals surface area (Å²) in [4.78, 5) is 7.21. The monoisotopic (exact) mass is 658 g/mol. The van der Waals surface area contributed by atoms with Crippen LogP contribution in [0.1, 0.15) is 44.7 Å². The summed E-state index contributed by atoms with van der Waals surface area (Å²) >= 11 is 9.37. The molecule has 4 atom stereocenters. The lowest BCUT2D eigenvalue weighted by Gasteiger charge is -2.55. The third-order valence-electron chi connectivity index (χ3n) is 8.45. The lowest BCUT2D eigenvalue weighted by atomic mass is 9.62. The maximum Gasteiger partial charge on any atom is 0.248 e. The Bertz CT molecular complexity index is 1340. The second kappa shape index (κ2) is 8.58. The summed E-state index contributed by atoms with van der Waals surface area (Å²) in [5, 5.41) is 9.49. The number of pyridine rings is 1. The van der Waals surface area contributed by atoms with Gasteiger partial charge in [-0.15, -0.1) is 5.10 Å². The van der Waals surface area contributed by atoms with Crippen LogP contribution in [-0.2, 0) is 0 Å². The largest absolute Gasteiger partial charge is 0.489 e. The van der Waals surface area contributed by atoms with Gasteiger partial charge in [0.05, 0.1) is 17.0 Å². The van der Waals surface area contributed by atoms with E-state index in [1.165, 1.54) is 5.00 Å². The topological polar surface area (TPSA) is 67.6 Å². The third kappa shape index (κ3) is 4.30. The van der Waals surface area contributed by atoms with Gasteiger partial charge in [0.15, 0.2) is 11.4 Å². The van der Waals surface area contributed by atoms with Gasteiger partial charge in [0, 0.05) is 37.5 Å². The summed E-state index contributed by atoms with van der Waals surface area (Å²) in [6, 6.07) is 5.81. The second-order valence-electron chi connectivity index (χ2n) is 11.7. The molecule has 6 rings (SSSR count). The van der Waals surface area contributed by atoms with E-state index < -0.39 is 11.3 Å². The molecule has 0 radical (unpaired) electrons. The molecule has 0 amide bonds. The van der Waals surface area contributed by atoms with Crippen LogP contribution in [0.5, 0.6) is 5.75 Å². The molecule has 1 N–H and O–H groups in total. The summed E-state index contributed by atoms with van der Waals surface area (Å²) in [6.07, 6.45) is 4.04. The maximum atomic E-state index is 13.8. The Balaban J connectivity index is 1.24. The number of ether oxygens (including phenoxy) is 1. The number of nitrogens with zero attached hydrogens (tertiary/aromatic N) is 5. The Hall–Kier alpha value is -1.35. The van der Waals surface area contributed by atoms with E-state index in [4.69, 9.17) is 27.4 Å². The minimum atomic E-state index is -2.61. The van der Waals surface area contributed by atoms with Gasteiger partial charge >= 0.3 is 0 Å². The fourth-order valence-corrected chi connectivity index (χ4v) is 8.83. The highest BCUT2D eigenvalue weighted by Gasteiger charge is 2.67. The van der Waals surface area contributed by atoms with Gasteiger partial charge in [-0.2, -0.15) is 22.0 Å². The van der Waals surface area contributed by atoms with Crippen LogP contribution in [0.25, 0.3) is 5.65 Å². The van der Waals surface area contributed by atoms with Crippen molar-refractivity contribution in [2.75, 3.05) is 29.9 Å². The fourth-order valence-electron chi connectivity index (χ4n) is 6.34. The zero-order valence-electron chi connectivity index (χ0n) is 21.1. The maximum absolute atomic E-state index is 13.8. The van der Waals surface area contributed by atoms with E-state index in [1.807, 2.05) is 32.2 Å². The van der Waals surface area contributed by atoms with Crippen molar-refractivity contribution in [1.29, 1.82) is 0 Å². The van der Waals surface area contributed by atoms with Crippen molar-refractivity contribution in [2.24, 2.45) is 5.41 Å². The Labute approximate surface area is 239 Å². The summed E-state index contributed by atoms with van der Waals surface area (Å²) < 4.78 is 39.2. The van der Waals surface area contributed by atoms with E-state index in [0.717, 1.165) is 31.6 Å². The molecule has 0 spiro atoms. The van der Waals surface area contributed by atoms with Crippen molar-refractivity contribution in [2.45, 2.75) is 65.5 Å². The van der Waals surface area contributed by atoms with Crippen LogP contribution in [-0.4, -0.2) is 60.7 Å². The van der Waals surface area contributed by atoms with Gasteiger partial charge in [0.2, 0.25) is 11.9 Å². The van der Waals surface area contributed by atoms with Gasteiger partial charge in [0.25, 0.3) is 0 Å². The van der Waals surface area contributed by atoms with Crippen LogP contribution >= 0.6 is 46.8 Å². The number of aromatic nitrogens is 4. The Morgan fingerprint density at radius 1 is 1.27 bits per heavy atom. The van der Waals surface area contributed by atoms with Crippen molar-refractivity contribution in [3.05, 3.63) is 30.1 Å². The Morgan fingerprint density at radius 2 is 2.08 bits per heavy atom. The highest BCUT2D eigenvalue weighted by Crippen LogP contribution is 2.66. The molecule has 1 saturated heterocycles. The Kier molecular flexibility index (Phi) is 6.00. The summed E-state index contributed by atoms with van der Waals surface area (Å²) in [5.41, 5.74) is 1.06. The first-order valence-electron chi connectivity index (χ1n) is 12.6. The van der Waals surface area contributed by atoms with Gasteiger partial charge in [-0.25, -0.2) is 13.3 Å². The molecule has 7 nitrogen and oxygen atoms in total. The normalized spacial score (nSPS) is 34.8. The first-order valence-corrected chi connectivity index (χ1v) is 14.9. The molecule has 37 heavy (non-hydrogen) atoms. The minimum Gasteiger partial charge on any atom is -0.489 e. The average molecular weight is 658 g/mol. The quantitative estimate of drug-likeness (QED) is 0.128. The van der Waals surface area contributed by atoms with Crippen molar-refractivity contribution in [3.8, 4) is 5.75 Å². The minimum absolute atomic E-state index is 0.0788. The lowest BCUT2D eigenvalue weighted by molar-refractivity contribution is -0.00715. The van der Waals surface area contributed by atoms with Gasteiger partial charge in [-0.1, -0.05) is 29.5 Å². The van der Waals surface area contributed by atoms with Gasteiger partial charge in [-0.3, -0.25) is 0 Å². The zero-order chi connectivity index (χ0) is 26.3. The average Bonchev–Trinajstić information content (AvgIpc) is 3.52. The molecule has 3 aromatic heterocycles. The molecule has 3 aliphatic rings. The number of piperidine rings is 1. The van der Waals surface area contributed by atoms with Crippen LogP contribution in [0.15, 0.2) is 24.4 Å². The molecule has 1 aliphatic heterocycles. The van der Waals surface area contributed by atoms with E-state index >= 15 is 0 Å². The molecule has 2 bridgehead atoms. The van der Waals surface area contributed by atoms with E-state index in [1.54, 1.807) is 16.0 Å². The number of hydrogen-bond acceptors (Lipinski definition) is 8. The smallest absolute Gasteiger partial charge is 0.248 e. The molecular weight excluding hydrogens is 628 g/mol. The third-order valence-corrected chi connectivity index (χ3v) is 13.1. The molecule has 0 aromatic carbocycles.